The van der Waals surface area contributed by atoms with Crippen LogP contribution in [0.15, 0.2) is 85.5 Å². The largest absolute Gasteiger partial charge is 0.438 e. The second-order valence-corrected chi connectivity index (χ2v) is 6.96. The van der Waals surface area contributed by atoms with E-state index in [0.717, 1.165) is 12.1 Å². The molecule has 0 fully saturated rings. The summed E-state index contributed by atoms with van der Waals surface area (Å²) < 4.78 is 44.5. The van der Waals surface area contributed by atoms with Crippen molar-refractivity contribution in [2.24, 2.45) is 0 Å². The number of rotatable bonds is 6. The number of alkyl halides is 3. The summed E-state index contributed by atoms with van der Waals surface area (Å²) in [6.45, 7) is -0.0497. The van der Waals surface area contributed by atoms with Crippen LogP contribution >= 0.6 is 0 Å². The Kier molecular flexibility index (Phi) is 6.30. The summed E-state index contributed by atoms with van der Waals surface area (Å²) in [5.41, 5.74) is 1.15. The summed E-state index contributed by atoms with van der Waals surface area (Å²) >= 11 is 0. The highest BCUT2D eigenvalue weighted by molar-refractivity contribution is 5.94. The summed E-state index contributed by atoms with van der Waals surface area (Å²) in [7, 11) is 0. The number of halogens is 3. The van der Waals surface area contributed by atoms with E-state index in [0.29, 0.717) is 34.0 Å². The molecular formula is C24H17F3N4O2. The van der Waals surface area contributed by atoms with Crippen LogP contribution in [-0.2, 0) is 12.7 Å². The van der Waals surface area contributed by atoms with Crippen LogP contribution in [0, 0.1) is 0 Å². The fourth-order valence-electron chi connectivity index (χ4n) is 3.07. The predicted molar refractivity (Wildman–Crippen MR) is 114 cm³/mol. The van der Waals surface area contributed by atoms with Gasteiger partial charge in [0.15, 0.2) is 0 Å². The summed E-state index contributed by atoms with van der Waals surface area (Å²) in [6, 6.07) is 16.5. The Morgan fingerprint density at radius 2 is 1.79 bits per heavy atom. The molecule has 0 saturated heterocycles. The second kappa shape index (κ2) is 9.47. The Bertz CT molecular complexity index is 1260. The molecule has 6 nitrogen and oxygen atoms in total. The third-order valence-corrected chi connectivity index (χ3v) is 4.65. The van der Waals surface area contributed by atoms with E-state index in [4.69, 9.17) is 4.74 Å². The Balaban J connectivity index is 1.47. The van der Waals surface area contributed by atoms with Gasteiger partial charge in [-0.15, -0.1) is 0 Å². The van der Waals surface area contributed by atoms with Gasteiger partial charge in [0.2, 0.25) is 5.88 Å². The third-order valence-electron chi connectivity index (χ3n) is 4.65. The fraction of sp³-hybridized carbons (Fsp3) is 0.0833. The van der Waals surface area contributed by atoms with Gasteiger partial charge in [-0.2, -0.15) is 13.2 Å². The van der Waals surface area contributed by atoms with E-state index in [-0.39, 0.29) is 6.54 Å². The molecule has 0 aliphatic heterocycles. The predicted octanol–water partition coefficient (Wildman–Crippen LogP) is 5.28. The Morgan fingerprint density at radius 3 is 2.58 bits per heavy atom. The van der Waals surface area contributed by atoms with Crippen LogP contribution in [0.2, 0.25) is 0 Å². The van der Waals surface area contributed by atoms with Gasteiger partial charge < -0.3 is 10.1 Å². The molecule has 4 aromatic rings. The van der Waals surface area contributed by atoms with E-state index < -0.39 is 17.6 Å². The molecule has 2 heterocycles. The van der Waals surface area contributed by atoms with Gasteiger partial charge in [-0.05, 0) is 54.1 Å². The van der Waals surface area contributed by atoms with Crippen LogP contribution in [-0.4, -0.2) is 20.9 Å². The van der Waals surface area contributed by atoms with Crippen molar-refractivity contribution in [1.29, 1.82) is 0 Å². The van der Waals surface area contributed by atoms with Gasteiger partial charge in [0.25, 0.3) is 5.91 Å². The molecule has 2 aromatic heterocycles. The Labute approximate surface area is 187 Å². The highest BCUT2D eigenvalue weighted by atomic mass is 19.4. The van der Waals surface area contributed by atoms with Crippen molar-refractivity contribution in [3.8, 4) is 22.9 Å². The number of nitrogens with zero attached hydrogens (tertiary/aromatic N) is 3. The van der Waals surface area contributed by atoms with Gasteiger partial charge in [0.1, 0.15) is 12.1 Å². The van der Waals surface area contributed by atoms with Crippen molar-refractivity contribution in [3.63, 3.8) is 0 Å². The van der Waals surface area contributed by atoms with Crippen molar-refractivity contribution in [1.82, 2.24) is 20.3 Å². The van der Waals surface area contributed by atoms with Crippen LogP contribution in [0.4, 0.5) is 13.2 Å². The Hall–Kier alpha value is -4.27. The number of pyridine rings is 1. The number of hydrogen-bond donors (Lipinski definition) is 1. The van der Waals surface area contributed by atoms with Crippen LogP contribution in [0.3, 0.4) is 0 Å². The molecule has 0 aliphatic carbocycles. The maximum absolute atomic E-state index is 12.9. The molecule has 4 rings (SSSR count). The first-order valence-electron chi connectivity index (χ1n) is 9.84. The smallest absolute Gasteiger partial charge is 0.416 e. The molecule has 0 spiro atoms. The molecule has 0 atom stereocenters. The van der Waals surface area contributed by atoms with Crippen molar-refractivity contribution >= 4 is 5.91 Å². The normalized spacial score (nSPS) is 11.1. The average Bonchev–Trinajstić information content (AvgIpc) is 2.83. The quantitative estimate of drug-likeness (QED) is 0.433. The van der Waals surface area contributed by atoms with E-state index in [1.165, 1.54) is 24.5 Å². The minimum atomic E-state index is -4.44. The SMILES string of the molecule is O=C(NCc1cccc(C(F)(F)F)c1)c1cccc(Oc2ncccc2-c2ccncn2)c1. The van der Waals surface area contributed by atoms with E-state index in [1.54, 1.807) is 48.8 Å². The van der Waals surface area contributed by atoms with Crippen molar-refractivity contribution < 1.29 is 22.7 Å². The lowest BCUT2D eigenvalue weighted by atomic mass is 10.1. The molecule has 0 bridgehead atoms. The zero-order valence-corrected chi connectivity index (χ0v) is 17.1. The summed E-state index contributed by atoms with van der Waals surface area (Å²) in [4.78, 5) is 24.9. The van der Waals surface area contributed by atoms with E-state index in [1.807, 2.05) is 0 Å². The minimum absolute atomic E-state index is 0.0497. The van der Waals surface area contributed by atoms with Gasteiger partial charge in [0.05, 0.1) is 16.8 Å². The lowest BCUT2D eigenvalue weighted by molar-refractivity contribution is -0.137. The minimum Gasteiger partial charge on any atom is -0.438 e. The molecule has 0 aliphatic rings. The van der Waals surface area contributed by atoms with Crippen LogP contribution in [0.1, 0.15) is 21.5 Å². The van der Waals surface area contributed by atoms with Crippen molar-refractivity contribution in [3.05, 3.63) is 102 Å². The fourth-order valence-corrected chi connectivity index (χ4v) is 3.07. The molecule has 2 aromatic carbocycles. The summed E-state index contributed by atoms with van der Waals surface area (Å²) in [5.74, 6) is 0.225. The number of carbonyl (C=O) groups is 1. The van der Waals surface area contributed by atoms with Crippen molar-refractivity contribution in [2.45, 2.75) is 12.7 Å². The number of aromatic nitrogens is 3. The Morgan fingerprint density at radius 1 is 0.939 bits per heavy atom. The van der Waals surface area contributed by atoms with Gasteiger partial charge >= 0.3 is 6.18 Å². The molecule has 1 amide bonds. The molecule has 9 heteroatoms. The first kappa shape index (κ1) is 21.9. The second-order valence-electron chi connectivity index (χ2n) is 6.96. The van der Waals surface area contributed by atoms with Crippen LogP contribution in [0.25, 0.3) is 11.3 Å². The third kappa shape index (κ3) is 5.51. The molecule has 166 valence electrons. The zero-order valence-electron chi connectivity index (χ0n) is 17.1. The lowest BCUT2D eigenvalue weighted by Crippen LogP contribution is -2.23. The number of amides is 1. The lowest BCUT2D eigenvalue weighted by Gasteiger charge is -2.11. The summed E-state index contributed by atoms with van der Waals surface area (Å²) in [6.07, 6.45) is 0.156. The molecule has 0 radical (unpaired) electrons. The number of hydrogen-bond acceptors (Lipinski definition) is 5. The monoisotopic (exact) mass is 450 g/mol. The van der Waals surface area contributed by atoms with E-state index >= 15 is 0 Å². The maximum Gasteiger partial charge on any atom is 0.416 e. The van der Waals surface area contributed by atoms with Crippen molar-refractivity contribution in [2.75, 3.05) is 0 Å². The molecule has 0 saturated carbocycles. The molecular weight excluding hydrogens is 433 g/mol. The summed E-state index contributed by atoms with van der Waals surface area (Å²) in [5, 5.41) is 2.63. The molecule has 0 unspecified atom stereocenters. The molecule has 1 N–H and O–H groups in total. The maximum atomic E-state index is 12.9. The van der Waals surface area contributed by atoms with Crippen LogP contribution < -0.4 is 10.1 Å². The van der Waals surface area contributed by atoms with Crippen LogP contribution in [0.5, 0.6) is 11.6 Å². The van der Waals surface area contributed by atoms with E-state index in [9.17, 15) is 18.0 Å². The number of nitrogens with one attached hydrogen (secondary N) is 1. The standard InChI is InChI=1S/C24H17F3N4O2/c25-24(26,27)18-6-1-4-16(12-18)14-30-22(32)17-5-2-7-19(13-17)33-23-20(8-3-10-29-23)21-9-11-28-15-31-21/h1-13,15H,14H2,(H,30,32). The van der Waals surface area contributed by atoms with Gasteiger partial charge in [0, 0.05) is 24.5 Å². The number of ether oxygens (including phenoxy) is 1. The first-order valence-corrected chi connectivity index (χ1v) is 9.84. The van der Waals surface area contributed by atoms with Gasteiger partial charge in [-0.25, -0.2) is 15.0 Å². The molecule has 33 heavy (non-hydrogen) atoms. The van der Waals surface area contributed by atoms with E-state index in [2.05, 4.69) is 20.3 Å². The van der Waals surface area contributed by atoms with Gasteiger partial charge in [-0.1, -0.05) is 18.2 Å². The average molecular weight is 450 g/mol. The number of carbonyl (C=O) groups excluding carboxylic acids is 1. The number of benzene rings is 2. The highest BCUT2D eigenvalue weighted by Gasteiger charge is 2.30. The topological polar surface area (TPSA) is 77.0 Å². The first-order chi connectivity index (χ1) is 15.9. The van der Waals surface area contributed by atoms with Gasteiger partial charge in [-0.3, -0.25) is 4.79 Å². The zero-order chi connectivity index (χ0) is 23.3. The highest BCUT2D eigenvalue weighted by Crippen LogP contribution is 2.31.